The smallest absolute Gasteiger partial charge is 0.312 e. The van der Waals surface area contributed by atoms with Crippen LogP contribution in [0, 0.1) is 0 Å². The number of amides is 2. The van der Waals surface area contributed by atoms with Crippen molar-refractivity contribution in [2.75, 3.05) is 40.3 Å². The number of nitrogens with zero attached hydrogens (tertiary/aromatic N) is 2. The second-order valence-corrected chi connectivity index (χ2v) is 3.12. The Kier molecular flexibility index (Phi) is 3.25. The van der Waals surface area contributed by atoms with E-state index in [1.807, 2.05) is 7.05 Å². The first kappa shape index (κ1) is 9.98. The summed E-state index contributed by atoms with van der Waals surface area (Å²) in [5, 5.41) is 2.94. The normalized spacial score (nSPS) is 18.3. The molecule has 1 saturated heterocycles. The van der Waals surface area contributed by atoms with Crippen molar-refractivity contribution in [2.24, 2.45) is 0 Å². The molecule has 0 aromatic carbocycles. The van der Waals surface area contributed by atoms with Crippen LogP contribution >= 0.6 is 0 Å². The Morgan fingerprint density at radius 2 is 2.00 bits per heavy atom. The van der Waals surface area contributed by atoms with Gasteiger partial charge in [0.25, 0.3) is 0 Å². The maximum atomic E-state index is 11.3. The molecule has 0 saturated carbocycles. The van der Waals surface area contributed by atoms with Crippen molar-refractivity contribution in [3.8, 4) is 0 Å². The van der Waals surface area contributed by atoms with Crippen LogP contribution in [0.3, 0.4) is 0 Å². The molecule has 1 aliphatic heterocycles. The number of rotatable bonds is 3. The molecule has 1 heterocycles. The summed E-state index contributed by atoms with van der Waals surface area (Å²) in [7, 11) is 3.47. The second-order valence-electron chi connectivity index (χ2n) is 3.12. The molecule has 0 aromatic rings. The molecule has 1 N–H and O–H groups in total. The molecule has 0 bridgehead atoms. The van der Waals surface area contributed by atoms with Crippen LogP contribution in [-0.4, -0.2) is 61.9 Å². The highest BCUT2D eigenvalue weighted by atomic mass is 16.2. The van der Waals surface area contributed by atoms with Crippen LogP contribution in [0.25, 0.3) is 0 Å². The summed E-state index contributed by atoms with van der Waals surface area (Å²) >= 11 is 0. The van der Waals surface area contributed by atoms with Crippen LogP contribution in [0.2, 0.25) is 0 Å². The van der Waals surface area contributed by atoms with Crippen LogP contribution in [-0.2, 0) is 9.59 Å². The predicted octanol–water partition coefficient (Wildman–Crippen LogP) is -1.49. The van der Waals surface area contributed by atoms with E-state index in [2.05, 4.69) is 5.32 Å². The highest BCUT2D eigenvalue weighted by Gasteiger charge is 2.29. The number of piperazine rings is 1. The van der Waals surface area contributed by atoms with Crippen LogP contribution in [0.4, 0.5) is 0 Å². The number of carbonyl (C=O) groups is 2. The van der Waals surface area contributed by atoms with Gasteiger partial charge in [-0.25, -0.2) is 0 Å². The van der Waals surface area contributed by atoms with Crippen LogP contribution in [0.5, 0.6) is 0 Å². The summed E-state index contributed by atoms with van der Waals surface area (Å²) in [6.07, 6.45) is 0. The lowest BCUT2D eigenvalue weighted by atomic mass is 10.3. The SMILES string of the molecule is CNCCN1CCN(C)C(=O)C1=O. The Morgan fingerprint density at radius 3 is 2.62 bits per heavy atom. The van der Waals surface area contributed by atoms with Gasteiger partial charge in [0.2, 0.25) is 0 Å². The van der Waals surface area contributed by atoms with Gasteiger partial charge in [-0.3, -0.25) is 9.59 Å². The van der Waals surface area contributed by atoms with Crippen molar-refractivity contribution >= 4 is 11.8 Å². The third kappa shape index (κ3) is 2.18. The van der Waals surface area contributed by atoms with E-state index >= 15 is 0 Å². The maximum absolute atomic E-state index is 11.3. The van der Waals surface area contributed by atoms with E-state index in [9.17, 15) is 9.59 Å². The Bertz CT molecular complexity index is 215. The van der Waals surface area contributed by atoms with Gasteiger partial charge < -0.3 is 15.1 Å². The van der Waals surface area contributed by atoms with Gasteiger partial charge in [-0.1, -0.05) is 0 Å². The third-order valence-electron chi connectivity index (χ3n) is 2.15. The first-order valence-electron chi connectivity index (χ1n) is 4.35. The minimum atomic E-state index is -0.401. The molecule has 0 atom stereocenters. The van der Waals surface area contributed by atoms with Crippen molar-refractivity contribution in [2.45, 2.75) is 0 Å². The van der Waals surface area contributed by atoms with Gasteiger partial charge in [0.15, 0.2) is 0 Å². The van der Waals surface area contributed by atoms with E-state index in [0.29, 0.717) is 19.6 Å². The monoisotopic (exact) mass is 185 g/mol. The molecular weight excluding hydrogens is 170 g/mol. The van der Waals surface area contributed by atoms with E-state index < -0.39 is 5.91 Å². The van der Waals surface area contributed by atoms with Gasteiger partial charge in [0.1, 0.15) is 0 Å². The lowest BCUT2D eigenvalue weighted by molar-refractivity contribution is -0.154. The largest absolute Gasteiger partial charge is 0.336 e. The molecule has 74 valence electrons. The topological polar surface area (TPSA) is 52.6 Å². The summed E-state index contributed by atoms with van der Waals surface area (Å²) < 4.78 is 0. The van der Waals surface area contributed by atoms with Gasteiger partial charge in [-0.2, -0.15) is 0 Å². The highest BCUT2D eigenvalue weighted by Crippen LogP contribution is 2.01. The molecule has 5 heteroatoms. The van der Waals surface area contributed by atoms with E-state index in [4.69, 9.17) is 0 Å². The van der Waals surface area contributed by atoms with Crippen molar-refractivity contribution in [3.63, 3.8) is 0 Å². The molecule has 0 spiro atoms. The van der Waals surface area contributed by atoms with Gasteiger partial charge in [-0.15, -0.1) is 0 Å². The molecular formula is C8H15N3O2. The molecule has 0 aromatic heterocycles. The Labute approximate surface area is 77.7 Å². The van der Waals surface area contributed by atoms with Crippen LogP contribution < -0.4 is 5.32 Å². The average molecular weight is 185 g/mol. The summed E-state index contributed by atoms with van der Waals surface area (Å²) in [6, 6.07) is 0. The molecule has 1 fully saturated rings. The van der Waals surface area contributed by atoms with E-state index in [1.54, 1.807) is 11.9 Å². The van der Waals surface area contributed by atoms with E-state index in [-0.39, 0.29) is 5.91 Å². The first-order valence-corrected chi connectivity index (χ1v) is 4.35. The van der Waals surface area contributed by atoms with Gasteiger partial charge in [-0.05, 0) is 7.05 Å². The number of likely N-dealkylation sites (N-methyl/N-ethyl adjacent to an activating group) is 2. The minimum Gasteiger partial charge on any atom is -0.336 e. The van der Waals surface area contributed by atoms with Crippen LogP contribution in [0.15, 0.2) is 0 Å². The van der Waals surface area contributed by atoms with Crippen molar-refractivity contribution in [3.05, 3.63) is 0 Å². The van der Waals surface area contributed by atoms with Gasteiger partial charge >= 0.3 is 11.8 Å². The fourth-order valence-corrected chi connectivity index (χ4v) is 1.23. The summed E-state index contributed by atoms with van der Waals surface area (Å²) in [5.41, 5.74) is 0. The fourth-order valence-electron chi connectivity index (χ4n) is 1.23. The second kappa shape index (κ2) is 4.23. The standard InChI is InChI=1S/C8H15N3O2/c1-9-3-4-11-6-5-10(2)7(12)8(11)13/h9H,3-6H2,1-2H3. The Balaban J connectivity index is 2.49. The molecule has 0 radical (unpaired) electrons. The zero-order valence-electron chi connectivity index (χ0n) is 8.04. The lowest BCUT2D eigenvalue weighted by Gasteiger charge is -2.31. The summed E-state index contributed by atoms with van der Waals surface area (Å²) in [6.45, 7) is 2.61. The van der Waals surface area contributed by atoms with Crippen molar-refractivity contribution in [1.82, 2.24) is 15.1 Å². The lowest BCUT2D eigenvalue weighted by Crippen LogP contribution is -2.53. The summed E-state index contributed by atoms with van der Waals surface area (Å²) in [4.78, 5) is 25.6. The van der Waals surface area contributed by atoms with E-state index in [0.717, 1.165) is 6.54 Å². The molecule has 1 rings (SSSR count). The molecule has 13 heavy (non-hydrogen) atoms. The van der Waals surface area contributed by atoms with Crippen molar-refractivity contribution < 1.29 is 9.59 Å². The van der Waals surface area contributed by atoms with Gasteiger partial charge in [0, 0.05) is 33.2 Å². The van der Waals surface area contributed by atoms with Gasteiger partial charge in [0.05, 0.1) is 0 Å². The minimum absolute atomic E-state index is 0.385. The number of hydrogen-bond donors (Lipinski definition) is 1. The average Bonchev–Trinajstić information content (AvgIpc) is 2.13. The highest BCUT2D eigenvalue weighted by molar-refractivity contribution is 6.35. The zero-order chi connectivity index (χ0) is 9.84. The molecule has 0 unspecified atom stereocenters. The quantitative estimate of drug-likeness (QED) is 0.545. The Hall–Kier alpha value is -1.10. The first-order chi connectivity index (χ1) is 6.16. The predicted molar refractivity (Wildman–Crippen MR) is 48.1 cm³/mol. The number of hydrogen-bond acceptors (Lipinski definition) is 3. The zero-order valence-corrected chi connectivity index (χ0v) is 8.04. The third-order valence-corrected chi connectivity index (χ3v) is 2.15. The molecule has 0 aliphatic carbocycles. The summed E-state index contributed by atoms with van der Waals surface area (Å²) in [5.74, 6) is -0.786. The molecule has 5 nitrogen and oxygen atoms in total. The fraction of sp³-hybridized carbons (Fsp3) is 0.750. The maximum Gasteiger partial charge on any atom is 0.312 e. The number of carbonyl (C=O) groups excluding carboxylic acids is 2. The van der Waals surface area contributed by atoms with Crippen molar-refractivity contribution in [1.29, 1.82) is 0 Å². The van der Waals surface area contributed by atoms with Crippen LogP contribution in [0.1, 0.15) is 0 Å². The Morgan fingerprint density at radius 1 is 1.31 bits per heavy atom. The molecule has 1 aliphatic rings. The van der Waals surface area contributed by atoms with E-state index in [1.165, 1.54) is 4.90 Å². The molecule has 2 amide bonds. The number of nitrogens with one attached hydrogen (secondary N) is 1.